The van der Waals surface area contributed by atoms with Crippen molar-refractivity contribution < 1.29 is 36.9 Å². The highest BCUT2D eigenvalue weighted by molar-refractivity contribution is 5.85. The third kappa shape index (κ3) is 6.08. The van der Waals surface area contributed by atoms with Crippen LogP contribution in [0.25, 0.3) is 0 Å². The SMILES string of the molecule is CCNC(=O)[C@@]1(OCc2cccc(C(F)(F)F)c2)C[C@H](OCc2ccccc2)[C@@H]2OC(C)(C)O[C@@H]2C1. The zero-order chi connectivity index (χ0) is 26.0. The standard InChI is InChI=1S/C27H32F3NO5/c1-4-31-24(32)26(34-17-19-11-8-12-20(13-19)27(28,29)30)14-21(33-16-18-9-6-5-7-10-18)23-22(15-26)35-25(2,3)36-23/h5-13,21-23H,4,14-17H2,1-3H3,(H,31,32)/t21-,22+,23-,26+/m0/s1. The number of ether oxygens (including phenoxy) is 4. The molecule has 36 heavy (non-hydrogen) atoms. The summed E-state index contributed by atoms with van der Waals surface area (Å²) >= 11 is 0. The molecule has 1 aliphatic heterocycles. The van der Waals surface area contributed by atoms with E-state index in [9.17, 15) is 18.0 Å². The van der Waals surface area contributed by atoms with Gasteiger partial charge in [-0.3, -0.25) is 4.79 Å². The van der Waals surface area contributed by atoms with Crippen molar-refractivity contribution in [2.24, 2.45) is 0 Å². The number of amides is 1. The Labute approximate surface area is 209 Å². The van der Waals surface area contributed by atoms with Crippen LogP contribution in [0.2, 0.25) is 0 Å². The van der Waals surface area contributed by atoms with Crippen LogP contribution in [0.1, 0.15) is 50.3 Å². The number of fused-ring (bicyclic) bond motifs is 1. The Morgan fingerprint density at radius 3 is 2.44 bits per heavy atom. The highest BCUT2D eigenvalue weighted by Crippen LogP contribution is 2.44. The fraction of sp³-hybridized carbons (Fsp3) is 0.519. The second kappa shape index (κ2) is 10.5. The first-order chi connectivity index (χ1) is 17.0. The maximum absolute atomic E-state index is 13.4. The third-order valence-corrected chi connectivity index (χ3v) is 6.48. The van der Waals surface area contributed by atoms with E-state index in [1.807, 2.05) is 30.3 Å². The highest BCUT2D eigenvalue weighted by atomic mass is 19.4. The highest BCUT2D eigenvalue weighted by Gasteiger charge is 2.58. The molecule has 1 amide bonds. The molecule has 1 aliphatic carbocycles. The zero-order valence-corrected chi connectivity index (χ0v) is 20.6. The second-order valence-electron chi connectivity index (χ2n) is 9.72. The van der Waals surface area contributed by atoms with Gasteiger partial charge in [0.2, 0.25) is 0 Å². The molecule has 2 aromatic carbocycles. The molecule has 1 saturated heterocycles. The van der Waals surface area contributed by atoms with E-state index >= 15 is 0 Å². The van der Waals surface area contributed by atoms with E-state index in [-0.39, 0.29) is 25.4 Å². The number of carbonyl (C=O) groups is 1. The van der Waals surface area contributed by atoms with E-state index in [1.54, 1.807) is 26.8 Å². The lowest BCUT2D eigenvalue weighted by molar-refractivity contribution is -0.183. The van der Waals surface area contributed by atoms with Crippen LogP contribution in [0.15, 0.2) is 54.6 Å². The summed E-state index contributed by atoms with van der Waals surface area (Å²) in [6.07, 6.45) is -5.54. The molecule has 0 unspecified atom stereocenters. The quantitative estimate of drug-likeness (QED) is 0.545. The first-order valence-corrected chi connectivity index (χ1v) is 12.1. The van der Waals surface area contributed by atoms with E-state index < -0.39 is 41.4 Å². The molecule has 1 heterocycles. The average Bonchev–Trinajstić information content (AvgIpc) is 3.15. The van der Waals surface area contributed by atoms with Gasteiger partial charge in [-0.15, -0.1) is 0 Å². The van der Waals surface area contributed by atoms with Gasteiger partial charge in [0.05, 0.1) is 31.0 Å². The van der Waals surface area contributed by atoms with Crippen molar-refractivity contribution in [1.29, 1.82) is 0 Å². The van der Waals surface area contributed by atoms with Gasteiger partial charge in [0.1, 0.15) is 6.10 Å². The first kappa shape index (κ1) is 26.6. The second-order valence-corrected chi connectivity index (χ2v) is 9.72. The number of rotatable bonds is 8. The molecule has 6 nitrogen and oxygen atoms in total. The average molecular weight is 508 g/mol. The van der Waals surface area contributed by atoms with Gasteiger partial charge in [-0.05, 0) is 44.0 Å². The Balaban J connectivity index is 1.59. The number of hydrogen-bond donors (Lipinski definition) is 1. The largest absolute Gasteiger partial charge is 0.416 e. The Hall–Kier alpha value is -2.46. The summed E-state index contributed by atoms with van der Waals surface area (Å²) in [4.78, 5) is 13.4. The molecule has 0 radical (unpaired) electrons. The molecule has 0 aromatic heterocycles. The van der Waals surface area contributed by atoms with Gasteiger partial charge in [-0.2, -0.15) is 13.2 Å². The minimum atomic E-state index is -4.47. The van der Waals surface area contributed by atoms with Gasteiger partial charge in [0.15, 0.2) is 11.4 Å². The zero-order valence-electron chi connectivity index (χ0n) is 20.6. The van der Waals surface area contributed by atoms with Crippen LogP contribution in [-0.2, 0) is 43.1 Å². The van der Waals surface area contributed by atoms with Crippen molar-refractivity contribution >= 4 is 5.91 Å². The van der Waals surface area contributed by atoms with Gasteiger partial charge in [0.25, 0.3) is 5.91 Å². The van der Waals surface area contributed by atoms with E-state index in [4.69, 9.17) is 18.9 Å². The Kier molecular flexibility index (Phi) is 7.75. The van der Waals surface area contributed by atoms with Crippen LogP contribution in [0.5, 0.6) is 0 Å². The molecule has 0 bridgehead atoms. The molecule has 4 rings (SSSR count). The molecule has 2 fully saturated rings. The number of alkyl halides is 3. The van der Waals surface area contributed by atoms with E-state index in [0.29, 0.717) is 18.7 Å². The molecule has 196 valence electrons. The first-order valence-electron chi connectivity index (χ1n) is 12.1. The molecule has 1 N–H and O–H groups in total. The number of halogens is 3. The lowest BCUT2D eigenvalue weighted by Crippen LogP contribution is -2.60. The number of nitrogens with one attached hydrogen (secondary N) is 1. The van der Waals surface area contributed by atoms with Gasteiger partial charge in [-0.1, -0.05) is 42.5 Å². The van der Waals surface area contributed by atoms with Crippen molar-refractivity contribution in [1.82, 2.24) is 5.32 Å². The van der Waals surface area contributed by atoms with Gasteiger partial charge >= 0.3 is 6.18 Å². The molecular formula is C27H32F3NO5. The van der Waals surface area contributed by atoms with Gasteiger partial charge in [0, 0.05) is 19.4 Å². The summed E-state index contributed by atoms with van der Waals surface area (Å²) in [5.74, 6) is -1.22. The fourth-order valence-electron chi connectivity index (χ4n) is 4.87. The molecule has 2 aliphatic rings. The molecule has 1 saturated carbocycles. The Bertz CT molecular complexity index is 1050. The lowest BCUT2D eigenvalue weighted by Gasteiger charge is -2.43. The topological polar surface area (TPSA) is 66.0 Å². The molecular weight excluding hydrogens is 475 g/mol. The van der Waals surface area contributed by atoms with E-state index in [0.717, 1.165) is 17.7 Å². The van der Waals surface area contributed by atoms with Crippen molar-refractivity contribution in [2.45, 2.75) is 82.7 Å². The monoisotopic (exact) mass is 507 g/mol. The lowest BCUT2D eigenvalue weighted by atomic mass is 9.78. The fourth-order valence-corrected chi connectivity index (χ4v) is 4.87. The Morgan fingerprint density at radius 1 is 1.03 bits per heavy atom. The van der Waals surface area contributed by atoms with Crippen LogP contribution in [0.3, 0.4) is 0 Å². The van der Waals surface area contributed by atoms with Crippen molar-refractivity contribution in [3.8, 4) is 0 Å². The third-order valence-electron chi connectivity index (χ3n) is 6.48. The van der Waals surface area contributed by atoms with Crippen molar-refractivity contribution in [2.75, 3.05) is 6.54 Å². The maximum atomic E-state index is 13.4. The minimum absolute atomic E-state index is 0.172. The smallest absolute Gasteiger partial charge is 0.371 e. The summed E-state index contributed by atoms with van der Waals surface area (Å²) in [6.45, 7) is 5.91. The summed E-state index contributed by atoms with van der Waals surface area (Å²) in [7, 11) is 0. The van der Waals surface area contributed by atoms with Crippen LogP contribution in [0, 0.1) is 0 Å². The van der Waals surface area contributed by atoms with Gasteiger partial charge in [-0.25, -0.2) is 0 Å². The number of likely N-dealkylation sites (N-methyl/N-ethyl adjacent to an activating group) is 1. The van der Waals surface area contributed by atoms with Crippen LogP contribution in [-0.4, -0.2) is 42.2 Å². The van der Waals surface area contributed by atoms with Crippen LogP contribution < -0.4 is 5.32 Å². The molecule has 9 heteroatoms. The number of carbonyl (C=O) groups excluding carboxylic acids is 1. The van der Waals surface area contributed by atoms with Crippen LogP contribution in [0.4, 0.5) is 13.2 Å². The molecule has 4 atom stereocenters. The number of benzene rings is 2. The predicted molar refractivity (Wildman–Crippen MR) is 126 cm³/mol. The Morgan fingerprint density at radius 2 is 1.75 bits per heavy atom. The van der Waals surface area contributed by atoms with E-state index in [1.165, 1.54) is 6.07 Å². The van der Waals surface area contributed by atoms with Crippen LogP contribution >= 0.6 is 0 Å². The van der Waals surface area contributed by atoms with Gasteiger partial charge < -0.3 is 24.3 Å². The van der Waals surface area contributed by atoms with Crippen molar-refractivity contribution in [3.63, 3.8) is 0 Å². The summed E-state index contributed by atoms with van der Waals surface area (Å²) in [5.41, 5.74) is -0.846. The van der Waals surface area contributed by atoms with Crippen molar-refractivity contribution in [3.05, 3.63) is 71.3 Å². The summed E-state index contributed by atoms with van der Waals surface area (Å²) < 4.78 is 64.4. The summed E-state index contributed by atoms with van der Waals surface area (Å²) in [6, 6.07) is 14.6. The minimum Gasteiger partial charge on any atom is -0.371 e. The summed E-state index contributed by atoms with van der Waals surface area (Å²) in [5, 5.41) is 2.83. The molecule has 2 aromatic rings. The maximum Gasteiger partial charge on any atom is 0.416 e. The van der Waals surface area contributed by atoms with E-state index in [2.05, 4.69) is 5.32 Å². The molecule has 0 spiro atoms. The predicted octanol–water partition coefficient (Wildman–Crippen LogP) is 5.00. The number of hydrogen-bond acceptors (Lipinski definition) is 5. The normalized spacial score (nSPS) is 27.4.